The molecule has 23 heavy (non-hydrogen) atoms. The fourth-order valence-corrected chi connectivity index (χ4v) is 4.36. The Morgan fingerprint density at radius 3 is 2.30 bits per heavy atom. The first-order chi connectivity index (χ1) is 10.9. The van der Waals surface area contributed by atoms with E-state index in [2.05, 4.69) is 24.1 Å². The summed E-state index contributed by atoms with van der Waals surface area (Å²) in [6.07, 6.45) is 0. The van der Waals surface area contributed by atoms with Crippen LogP contribution in [0.25, 0.3) is 0 Å². The van der Waals surface area contributed by atoms with Gasteiger partial charge in [0.15, 0.2) is 9.84 Å². The van der Waals surface area contributed by atoms with E-state index in [1.807, 2.05) is 4.90 Å². The van der Waals surface area contributed by atoms with Crippen molar-refractivity contribution in [3.63, 3.8) is 0 Å². The monoisotopic (exact) mass is 347 g/mol. The van der Waals surface area contributed by atoms with E-state index < -0.39 is 9.84 Å². The van der Waals surface area contributed by atoms with E-state index >= 15 is 0 Å². The Morgan fingerprint density at radius 1 is 1.13 bits per heavy atom. The van der Waals surface area contributed by atoms with Gasteiger partial charge in [-0.15, -0.1) is 0 Å². The molecule has 2 rings (SSSR count). The van der Waals surface area contributed by atoms with E-state index in [0.29, 0.717) is 31.6 Å². The van der Waals surface area contributed by atoms with Crippen LogP contribution in [0, 0.1) is 5.92 Å². The molecule has 2 heterocycles. The van der Waals surface area contributed by atoms with Crippen molar-refractivity contribution in [2.45, 2.75) is 19.9 Å². The van der Waals surface area contributed by atoms with Crippen molar-refractivity contribution >= 4 is 15.7 Å². The number of ether oxygens (including phenoxy) is 1. The molecule has 0 aromatic carbocycles. The molecule has 1 N–H and O–H groups in total. The highest BCUT2D eigenvalue weighted by atomic mass is 32.2. The highest BCUT2D eigenvalue weighted by Gasteiger charge is 2.26. The summed E-state index contributed by atoms with van der Waals surface area (Å²) in [6, 6.07) is 0.310. The van der Waals surface area contributed by atoms with Crippen molar-refractivity contribution in [3.05, 3.63) is 0 Å². The van der Waals surface area contributed by atoms with E-state index in [-0.39, 0.29) is 24.0 Å². The van der Waals surface area contributed by atoms with Crippen molar-refractivity contribution in [1.29, 1.82) is 0 Å². The van der Waals surface area contributed by atoms with Crippen LogP contribution in [-0.4, -0.2) is 94.2 Å². The Labute approximate surface area is 139 Å². The van der Waals surface area contributed by atoms with Gasteiger partial charge in [0.1, 0.15) is 0 Å². The van der Waals surface area contributed by atoms with Crippen molar-refractivity contribution in [2.75, 3.05) is 64.0 Å². The Balaban J connectivity index is 1.75. The van der Waals surface area contributed by atoms with Gasteiger partial charge in [0.2, 0.25) is 5.91 Å². The number of amides is 1. The van der Waals surface area contributed by atoms with Crippen LogP contribution in [0.1, 0.15) is 13.8 Å². The second-order valence-corrected chi connectivity index (χ2v) is 9.00. The van der Waals surface area contributed by atoms with Crippen LogP contribution in [0.4, 0.5) is 0 Å². The molecule has 2 aliphatic rings. The predicted octanol–water partition coefficient (Wildman–Crippen LogP) is -0.810. The van der Waals surface area contributed by atoms with Crippen molar-refractivity contribution in [2.24, 2.45) is 5.92 Å². The summed E-state index contributed by atoms with van der Waals surface area (Å²) in [4.78, 5) is 16.4. The predicted molar refractivity (Wildman–Crippen MR) is 89.1 cm³/mol. The topological polar surface area (TPSA) is 79.0 Å². The molecule has 0 aliphatic carbocycles. The number of carbonyl (C=O) groups is 1. The van der Waals surface area contributed by atoms with Gasteiger partial charge in [-0.1, -0.05) is 13.8 Å². The summed E-state index contributed by atoms with van der Waals surface area (Å²) in [7, 11) is -2.89. The fourth-order valence-electron chi connectivity index (χ4n) is 3.08. The third-order valence-corrected chi connectivity index (χ3v) is 6.21. The van der Waals surface area contributed by atoms with Crippen molar-refractivity contribution < 1.29 is 17.9 Å². The summed E-state index contributed by atoms with van der Waals surface area (Å²) < 4.78 is 28.2. The molecule has 8 heteroatoms. The number of morpholine rings is 1. The molecular weight excluding hydrogens is 318 g/mol. The first-order valence-electron chi connectivity index (χ1n) is 8.38. The summed E-state index contributed by atoms with van der Waals surface area (Å²) >= 11 is 0. The second kappa shape index (κ2) is 8.41. The first kappa shape index (κ1) is 18.6. The lowest BCUT2D eigenvalue weighted by molar-refractivity contribution is -0.122. The minimum absolute atomic E-state index is 0.0248. The van der Waals surface area contributed by atoms with Crippen LogP contribution in [0.2, 0.25) is 0 Å². The number of hydrogen-bond donors (Lipinski definition) is 1. The third kappa shape index (κ3) is 6.02. The molecule has 2 aliphatic heterocycles. The average molecular weight is 347 g/mol. The van der Waals surface area contributed by atoms with Crippen LogP contribution >= 0.6 is 0 Å². The minimum Gasteiger partial charge on any atom is -0.379 e. The van der Waals surface area contributed by atoms with Gasteiger partial charge in [-0.25, -0.2) is 8.42 Å². The number of carbonyl (C=O) groups excluding carboxylic acids is 1. The zero-order chi connectivity index (χ0) is 16.9. The molecule has 1 amide bonds. The number of sulfone groups is 1. The summed E-state index contributed by atoms with van der Waals surface area (Å²) in [5, 5.41) is 3.02. The van der Waals surface area contributed by atoms with E-state index in [1.54, 1.807) is 0 Å². The number of nitrogens with one attached hydrogen (secondary N) is 1. The smallest absolute Gasteiger partial charge is 0.234 e. The van der Waals surface area contributed by atoms with Gasteiger partial charge in [0.05, 0.1) is 31.3 Å². The van der Waals surface area contributed by atoms with Crippen LogP contribution in [0.3, 0.4) is 0 Å². The van der Waals surface area contributed by atoms with Gasteiger partial charge in [0, 0.05) is 38.8 Å². The molecule has 0 radical (unpaired) electrons. The zero-order valence-electron chi connectivity index (χ0n) is 14.2. The van der Waals surface area contributed by atoms with Crippen LogP contribution in [-0.2, 0) is 19.4 Å². The van der Waals surface area contributed by atoms with Crippen LogP contribution < -0.4 is 5.32 Å². The number of rotatable bonds is 6. The number of nitrogens with zero attached hydrogens (tertiary/aromatic N) is 2. The summed E-state index contributed by atoms with van der Waals surface area (Å²) in [5.74, 6) is 0.738. The maximum atomic E-state index is 12.1. The maximum absolute atomic E-state index is 12.1. The van der Waals surface area contributed by atoms with E-state index in [4.69, 9.17) is 4.74 Å². The minimum atomic E-state index is -2.89. The lowest BCUT2D eigenvalue weighted by Crippen LogP contribution is -2.52. The van der Waals surface area contributed by atoms with Gasteiger partial charge in [-0.3, -0.25) is 14.6 Å². The molecule has 1 atom stereocenters. The Morgan fingerprint density at radius 2 is 1.74 bits per heavy atom. The number of hydrogen-bond acceptors (Lipinski definition) is 6. The van der Waals surface area contributed by atoms with Crippen LogP contribution in [0.15, 0.2) is 0 Å². The standard InChI is InChI=1S/C15H29N3O4S/c1-13(2)14(18-3-7-22-8-4-18)11-16-15(19)12-17-5-9-23(20,21)10-6-17/h13-14H,3-12H2,1-2H3,(H,16,19)/t14-/m1/s1. The van der Waals surface area contributed by atoms with Crippen molar-refractivity contribution in [3.8, 4) is 0 Å². The molecule has 0 aromatic rings. The fraction of sp³-hybridized carbons (Fsp3) is 0.933. The highest BCUT2D eigenvalue weighted by molar-refractivity contribution is 7.91. The molecule has 134 valence electrons. The van der Waals surface area contributed by atoms with Gasteiger partial charge >= 0.3 is 0 Å². The van der Waals surface area contributed by atoms with Gasteiger partial charge < -0.3 is 10.1 Å². The second-order valence-electron chi connectivity index (χ2n) is 6.69. The van der Waals surface area contributed by atoms with Gasteiger partial charge in [-0.2, -0.15) is 0 Å². The lowest BCUT2D eigenvalue weighted by atomic mass is 10.0. The lowest BCUT2D eigenvalue weighted by Gasteiger charge is -2.37. The molecule has 0 bridgehead atoms. The normalized spacial score (nSPS) is 24.5. The SMILES string of the molecule is CC(C)[C@@H](CNC(=O)CN1CCS(=O)(=O)CC1)N1CCOCC1. The molecule has 2 saturated heterocycles. The molecule has 0 spiro atoms. The largest absolute Gasteiger partial charge is 0.379 e. The summed E-state index contributed by atoms with van der Waals surface area (Å²) in [5.41, 5.74) is 0. The molecule has 0 saturated carbocycles. The van der Waals surface area contributed by atoms with E-state index in [0.717, 1.165) is 26.3 Å². The maximum Gasteiger partial charge on any atom is 0.234 e. The summed E-state index contributed by atoms with van der Waals surface area (Å²) in [6.45, 7) is 9.46. The highest BCUT2D eigenvalue weighted by Crippen LogP contribution is 2.12. The van der Waals surface area contributed by atoms with Crippen LogP contribution in [0.5, 0.6) is 0 Å². The van der Waals surface area contributed by atoms with Gasteiger partial charge in [0.25, 0.3) is 0 Å². The Bertz CT molecular complexity index is 475. The molecule has 2 fully saturated rings. The molecule has 0 unspecified atom stereocenters. The Kier molecular flexibility index (Phi) is 6.82. The van der Waals surface area contributed by atoms with E-state index in [9.17, 15) is 13.2 Å². The van der Waals surface area contributed by atoms with E-state index in [1.165, 1.54) is 0 Å². The zero-order valence-corrected chi connectivity index (χ0v) is 15.0. The van der Waals surface area contributed by atoms with Crippen molar-refractivity contribution in [1.82, 2.24) is 15.1 Å². The molecule has 7 nitrogen and oxygen atoms in total. The Hall–Kier alpha value is -0.700. The third-order valence-electron chi connectivity index (χ3n) is 4.60. The molecular formula is C15H29N3O4S. The van der Waals surface area contributed by atoms with Gasteiger partial charge in [-0.05, 0) is 5.92 Å². The average Bonchev–Trinajstić information content (AvgIpc) is 2.50. The first-order valence-corrected chi connectivity index (χ1v) is 10.2. The molecule has 0 aromatic heterocycles. The quantitative estimate of drug-likeness (QED) is 0.677.